The molecule has 0 N–H and O–H groups in total. The Labute approximate surface area is 156 Å². The first-order chi connectivity index (χ1) is 13.0. The molecule has 2 aliphatic rings. The van der Waals surface area contributed by atoms with Crippen LogP contribution in [0.2, 0.25) is 0 Å². The smallest absolute Gasteiger partial charge is 0.332 e. The van der Waals surface area contributed by atoms with Gasteiger partial charge in [0.1, 0.15) is 6.54 Å². The fourth-order valence-corrected chi connectivity index (χ4v) is 3.62. The van der Waals surface area contributed by atoms with Gasteiger partial charge in [-0.2, -0.15) is 0 Å². The van der Waals surface area contributed by atoms with Crippen molar-refractivity contribution in [3.8, 4) is 0 Å². The number of para-hydroxylation sites is 1. The van der Waals surface area contributed by atoms with Gasteiger partial charge in [0.05, 0.1) is 11.9 Å². The first-order valence-corrected chi connectivity index (χ1v) is 8.89. The third-order valence-electron chi connectivity index (χ3n) is 5.02. The van der Waals surface area contributed by atoms with E-state index in [1.807, 2.05) is 6.07 Å². The van der Waals surface area contributed by atoms with Crippen LogP contribution in [-0.2, 0) is 11.8 Å². The number of nitrogens with zero attached hydrogens (tertiary/aromatic N) is 6. The van der Waals surface area contributed by atoms with E-state index in [2.05, 4.69) is 10.3 Å². The van der Waals surface area contributed by atoms with Crippen molar-refractivity contribution < 1.29 is 14.4 Å². The Hall–Kier alpha value is -3.23. The molecule has 0 saturated carbocycles. The number of carbonyl (C=O) groups excluding carboxylic acids is 3. The van der Waals surface area contributed by atoms with Gasteiger partial charge >= 0.3 is 6.03 Å². The molecule has 0 bridgehead atoms. The van der Waals surface area contributed by atoms with E-state index in [0.717, 1.165) is 0 Å². The van der Waals surface area contributed by atoms with Gasteiger partial charge in [-0.25, -0.2) is 9.69 Å². The molecule has 9 nitrogen and oxygen atoms in total. The molecule has 0 radical (unpaired) electrons. The monoisotopic (exact) mass is 368 g/mol. The fourth-order valence-electron chi connectivity index (χ4n) is 3.62. The number of hydrogen-bond donors (Lipinski definition) is 0. The van der Waals surface area contributed by atoms with Crippen molar-refractivity contribution in [3.05, 3.63) is 42.2 Å². The third-order valence-corrected chi connectivity index (χ3v) is 5.02. The average Bonchev–Trinajstić information content (AvgIpc) is 3.25. The Kier molecular flexibility index (Phi) is 4.35. The zero-order chi connectivity index (χ0) is 19.0. The lowest BCUT2D eigenvalue weighted by molar-refractivity contribution is -0.116. The van der Waals surface area contributed by atoms with Crippen LogP contribution in [0, 0.1) is 0 Å². The van der Waals surface area contributed by atoms with Crippen LogP contribution in [0.4, 0.5) is 10.5 Å². The second-order valence-electron chi connectivity index (χ2n) is 6.78. The van der Waals surface area contributed by atoms with Crippen molar-refractivity contribution in [2.24, 2.45) is 7.05 Å². The molecule has 2 aromatic rings. The van der Waals surface area contributed by atoms with Gasteiger partial charge < -0.3 is 9.80 Å². The lowest BCUT2D eigenvalue weighted by Crippen LogP contribution is -2.48. The van der Waals surface area contributed by atoms with Crippen molar-refractivity contribution in [2.75, 3.05) is 24.5 Å². The minimum atomic E-state index is -0.287. The Morgan fingerprint density at radius 3 is 2.44 bits per heavy atom. The van der Waals surface area contributed by atoms with Gasteiger partial charge in [0, 0.05) is 26.2 Å². The molecule has 3 heterocycles. The summed E-state index contributed by atoms with van der Waals surface area (Å²) in [4.78, 5) is 42.2. The van der Waals surface area contributed by atoms with Crippen LogP contribution in [0.25, 0.3) is 0 Å². The standard InChI is InChI=1S/C18H20N6O3/c1-21-11-15(19-20-21)17(26)22-9-7-13(8-10-22)23-12-16(25)24(18(23)27)14-5-3-2-4-6-14/h2-6,11,13H,7-10,12H2,1H3. The van der Waals surface area contributed by atoms with E-state index in [9.17, 15) is 14.4 Å². The molecule has 0 unspecified atom stereocenters. The molecule has 2 aliphatic heterocycles. The number of imide groups is 1. The second-order valence-corrected chi connectivity index (χ2v) is 6.78. The molecule has 9 heteroatoms. The summed E-state index contributed by atoms with van der Waals surface area (Å²) in [6, 6.07) is 8.61. The maximum Gasteiger partial charge on any atom is 0.332 e. The van der Waals surface area contributed by atoms with Crippen molar-refractivity contribution in [1.82, 2.24) is 24.8 Å². The maximum atomic E-state index is 12.8. The number of likely N-dealkylation sites (tertiary alicyclic amines) is 1. The minimum Gasteiger partial charge on any atom is -0.337 e. The van der Waals surface area contributed by atoms with E-state index in [1.54, 1.807) is 47.3 Å². The van der Waals surface area contributed by atoms with Crippen LogP contribution in [0.15, 0.2) is 36.5 Å². The largest absolute Gasteiger partial charge is 0.337 e. The average molecular weight is 368 g/mol. The molecule has 0 atom stereocenters. The zero-order valence-corrected chi connectivity index (χ0v) is 15.0. The Balaban J connectivity index is 1.41. The molecule has 2 fully saturated rings. The molecular formula is C18H20N6O3. The van der Waals surface area contributed by atoms with E-state index < -0.39 is 0 Å². The van der Waals surface area contributed by atoms with Gasteiger partial charge in [0.15, 0.2) is 5.69 Å². The van der Waals surface area contributed by atoms with E-state index in [1.165, 1.54) is 9.58 Å². The summed E-state index contributed by atoms with van der Waals surface area (Å²) in [5, 5.41) is 7.65. The summed E-state index contributed by atoms with van der Waals surface area (Å²) in [7, 11) is 1.71. The lowest BCUT2D eigenvalue weighted by Gasteiger charge is -2.35. The molecule has 2 saturated heterocycles. The van der Waals surface area contributed by atoms with E-state index in [0.29, 0.717) is 37.3 Å². The molecular weight excluding hydrogens is 348 g/mol. The number of benzene rings is 1. The summed E-state index contributed by atoms with van der Waals surface area (Å²) >= 11 is 0. The van der Waals surface area contributed by atoms with Gasteiger partial charge in [-0.1, -0.05) is 23.4 Å². The van der Waals surface area contributed by atoms with E-state index in [4.69, 9.17) is 0 Å². The van der Waals surface area contributed by atoms with Gasteiger partial charge in [-0.3, -0.25) is 14.3 Å². The summed E-state index contributed by atoms with van der Waals surface area (Å²) in [6.07, 6.45) is 2.86. The fraction of sp³-hybridized carbons (Fsp3) is 0.389. The van der Waals surface area contributed by atoms with Crippen molar-refractivity contribution in [2.45, 2.75) is 18.9 Å². The van der Waals surface area contributed by atoms with Crippen LogP contribution < -0.4 is 4.90 Å². The topological polar surface area (TPSA) is 91.6 Å². The summed E-state index contributed by atoms with van der Waals surface area (Å²) < 4.78 is 1.49. The Morgan fingerprint density at radius 1 is 1.11 bits per heavy atom. The number of rotatable bonds is 3. The number of hydrogen-bond acceptors (Lipinski definition) is 5. The quantitative estimate of drug-likeness (QED) is 0.751. The normalized spacial score (nSPS) is 18.5. The number of aryl methyl sites for hydroxylation is 1. The van der Waals surface area contributed by atoms with E-state index in [-0.39, 0.29) is 30.4 Å². The second kappa shape index (κ2) is 6.82. The van der Waals surface area contributed by atoms with Gasteiger partial charge in [-0.05, 0) is 25.0 Å². The molecule has 0 spiro atoms. The molecule has 0 aliphatic carbocycles. The van der Waals surface area contributed by atoms with Gasteiger partial charge in [0.2, 0.25) is 0 Å². The van der Waals surface area contributed by atoms with Crippen LogP contribution in [0.3, 0.4) is 0 Å². The third kappa shape index (κ3) is 3.16. The van der Waals surface area contributed by atoms with Crippen LogP contribution in [0.1, 0.15) is 23.3 Å². The highest BCUT2D eigenvalue weighted by Crippen LogP contribution is 2.26. The maximum absolute atomic E-state index is 12.8. The van der Waals surface area contributed by atoms with Crippen LogP contribution >= 0.6 is 0 Å². The SMILES string of the molecule is Cn1cc(C(=O)N2CCC(N3CC(=O)N(c4ccccc4)C3=O)CC2)nn1. The van der Waals surface area contributed by atoms with Crippen molar-refractivity contribution >= 4 is 23.5 Å². The summed E-state index contributed by atoms with van der Waals surface area (Å²) in [5.74, 6) is -0.374. The number of amides is 4. The predicted molar refractivity (Wildman–Crippen MR) is 96.0 cm³/mol. The highest BCUT2D eigenvalue weighted by atomic mass is 16.2. The number of anilines is 1. The summed E-state index contributed by atoms with van der Waals surface area (Å²) in [5.41, 5.74) is 0.906. The summed E-state index contributed by atoms with van der Waals surface area (Å²) in [6.45, 7) is 1.11. The highest BCUT2D eigenvalue weighted by molar-refractivity contribution is 6.19. The van der Waals surface area contributed by atoms with Crippen LogP contribution in [0.5, 0.6) is 0 Å². The Bertz CT molecular complexity index is 872. The number of urea groups is 1. The first-order valence-electron chi connectivity index (χ1n) is 8.89. The Morgan fingerprint density at radius 2 is 1.81 bits per heavy atom. The molecule has 140 valence electrons. The van der Waals surface area contributed by atoms with Crippen molar-refractivity contribution in [1.29, 1.82) is 0 Å². The molecule has 1 aromatic carbocycles. The number of carbonyl (C=O) groups is 3. The first kappa shape index (κ1) is 17.2. The number of aromatic nitrogens is 3. The highest BCUT2D eigenvalue weighted by Gasteiger charge is 2.41. The minimum absolute atomic E-state index is 0.0546. The van der Waals surface area contributed by atoms with Gasteiger partial charge in [-0.15, -0.1) is 5.10 Å². The van der Waals surface area contributed by atoms with Crippen LogP contribution in [-0.4, -0.2) is 68.3 Å². The zero-order valence-electron chi connectivity index (χ0n) is 15.0. The predicted octanol–water partition coefficient (Wildman–Crippen LogP) is 0.888. The van der Waals surface area contributed by atoms with Gasteiger partial charge in [0.25, 0.3) is 11.8 Å². The molecule has 4 amide bonds. The molecule has 1 aromatic heterocycles. The van der Waals surface area contributed by atoms with E-state index >= 15 is 0 Å². The molecule has 27 heavy (non-hydrogen) atoms. The van der Waals surface area contributed by atoms with Crippen molar-refractivity contribution in [3.63, 3.8) is 0 Å². The molecule has 4 rings (SSSR count). The number of piperidine rings is 1. The lowest BCUT2D eigenvalue weighted by atomic mass is 10.0.